The fraction of sp³-hybridized carbons (Fsp3) is 0.533. The molecule has 0 spiro atoms. The molecule has 1 rings (SSSR count). The lowest BCUT2D eigenvalue weighted by Crippen LogP contribution is -2.35. The second-order valence-corrected chi connectivity index (χ2v) is 5.91. The molecule has 1 atom stereocenters. The van der Waals surface area contributed by atoms with E-state index in [0.717, 1.165) is 5.75 Å². The van der Waals surface area contributed by atoms with Crippen molar-refractivity contribution in [1.82, 2.24) is 0 Å². The van der Waals surface area contributed by atoms with Gasteiger partial charge in [0, 0.05) is 6.42 Å². The molecule has 0 fully saturated rings. The fourth-order valence-electron chi connectivity index (χ4n) is 1.49. The van der Waals surface area contributed by atoms with E-state index in [2.05, 4.69) is 32.9 Å². The number of ether oxygens (including phenoxy) is 1. The zero-order valence-corrected chi connectivity index (χ0v) is 11.7. The Balaban J connectivity index is 2.62. The third kappa shape index (κ3) is 4.38. The van der Waals surface area contributed by atoms with Crippen molar-refractivity contribution in [3.05, 3.63) is 29.8 Å². The number of rotatable bonds is 4. The Morgan fingerprint density at radius 1 is 1.28 bits per heavy atom. The highest BCUT2D eigenvalue weighted by Gasteiger charge is 2.17. The predicted molar refractivity (Wildman–Crippen MR) is 73.5 cm³/mol. The van der Waals surface area contributed by atoms with Crippen molar-refractivity contribution in [3.8, 4) is 11.8 Å². The smallest absolute Gasteiger partial charge is 0.119 e. The van der Waals surface area contributed by atoms with E-state index in [4.69, 9.17) is 15.7 Å². The largest absolute Gasteiger partial charge is 0.493 e. The Morgan fingerprint density at radius 3 is 2.50 bits per heavy atom. The van der Waals surface area contributed by atoms with Gasteiger partial charge in [-0.05, 0) is 30.0 Å². The van der Waals surface area contributed by atoms with Crippen molar-refractivity contribution in [2.45, 2.75) is 45.1 Å². The highest BCUT2D eigenvalue weighted by molar-refractivity contribution is 5.32. The van der Waals surface area contributed by atoms with Gasteiger partial charge in [-0.15, -0.1) is 0 Å². The van der Waals surface area contributed by atoms with Crippen LogP contribution in [0, 0.1) is 11.3 Å². The average molecular weight is 246 g/mol. The van der Waals surface area contributed by atoms with Crippen LogP contribution in [0.15, 0.2) is 24.3 Å². The van der Waals surface area contributed by atoms with Gasteiger partial charge in [-0.25, -0.2) is 0 Å². The van der Waals surface area contributed by atoms with E-state index >= 15 is 0 Å². The van der Waals surface area contributed by atoms with Crippen LogP contribution in [-0.2, 0) is 5.41 Å². The zero-order valence-electron chi connectivity index (χ0n) is 11.7. The molecule has 0 radical (unpaired) electrons. The first-order chi connectivity index (χ1) is 8.24. The standard InChI is InChI=1S/C15H22N2O/c1-14(2,3)12-6-5-7-13(10-12)18-9-8-15(4,17)11-16/h5-7,10H,8-9,17H2,1-4H3. The third-order valence-corrected chi connectivity index (χ3v) is 2.85. The molecule has 2 N–H and O–H groups in total. The lowest BCUT2D eigenvalue weighted by molar-refractivity contribution is 0.285. The SMILES string of the molecule is CC(N)(C#N)CCOc1cccc(C(C)(C)C)c1. The van der Waals surface area contributed by atoms with Crippen molar-refractivity contribution in [2.75, 3.05) is 6.61 Å². The summed E-state index contributed by atoms with van der Waals surface area (Å²) < 4.78 is 5.65. The molecule has 1 aromatic rings. The van der Waals surface area contributed by atoms with Crippen LogP contribution in [0.4, 0.5) is 0 Å². The monoisotopic (exact) mass is 246 g/mol. The van der Waals surface area contributed by atoms with Gasteiger partial charge in [0.1, 0.15) is 11.3 Å². The molecule has 3 nitrogen and oxygen atoms in total. The summed E-state index contributed by atoms with van der Waals surface area (Å²) in [6.07, 6.45) is 0.517. The van der Waals surface area contributed by atoms with E-state index < -0.39 is 5.54 Å². The highest BCUT2D eigenvalue weighted by atomic mass is 16.5. The summed E-state index contributed by atoms with van der Waals surface area (Å²) in [4.78, 5) is 0. The van der Waals surface area contributed by atoms with Gasteiger partial charge in [0.05, 0.1) is 12.7 Å². The van der Waals surface area contributed by atoms with E-state index in [1.54, 1.807) is 6.92 Å². The van der Waals surface area contributed by atoms with Crippen molar-refractivity contribution in [3.63, 3.8) is 0 Å². The van der Waals surface area contributed by atoms with Crippen LogP contribution in [0.2, 0.25) is 0 Å². The van der Waals surface area contributed by atoms with E-state index in [-0.39, 0.29) is 5.41 Å². The average Bonchev–Trinajstić information content (AvgIpc) is 2.28. The normalized spacial score (nSPS) is 14.7. The van der Waals surface area contributed by atoms with Crippen molar-refractivity contribution >= 4 is 0 Å². The number of nitriles is 1. The molecule has 98 valence electrons. The molecule has 1 unspecified atom stereocenters. The minimum Gasteiger partial charge on any atom is -0.493 e. The number of nitrogens with zero attached hydrogens (tertiary/aromatic N) is 1. The molecule has 0 amide bonds. The molecule has 0 aliphatic carbocycles. The molecule has 0 saturated carbocycles. The lowest BCUT2D eigenvalue weighted by atomic mass is 9.87. The van der Waals surface area contributed by atoms with E-state index in [0.29, 0.717) is 13.0 Å². The van der Waals surface area contributed by atoms with Crippen LogP contribution >= 0.6 is 0 Å². The minimum atomic E-state index is -0.818. The van der Waals surface area contributed by atoms with Gasteiger partial charge in [0.25, 0.3) is 0 Å². The molecular formula is C15H22N2O. The second kappa shape index (κ2) is 5.41. The summed E-state index contributed by atoms with van der Waals surface area (Å²) in [7, 11) is 0. The molecule has 0 aliphatic rings. The zero-order chi connectivity index (χ0) is 13.8. The number of benzene rings is 1. The Hall–Kier alpha value is -1.53. The minimum absolute atomic E-state index is 0.106. The maximum atomic E-state index is 8.81. The summed E-state index contributed by atoms with van der Waals surface area (Å²) in [5, 5.41) is 8.81. The number of hydrogen-bond donors (Lipinski definition) is 1. The quantitative estimate of drug-likeness (QED) is 0.888. The summed E-state index contributed by atoms with van der Waals surface area (Å²) in [5.74, 6) is 0.830. The molecule has 0 heterocycles. The first-order valence-electron chi connectivity index (χ1n) is 6.18. The van der Waals surface area contributed by atoms with Crippen LogP contribution in [0.25, 0.3) is 0 Å². The van der Waals surface area contributed by atoms with E-state index in [1.807, 2.05) is 18.2 Å². The summed E-state index contributed by atoms with van der Waals surface area (Å²) in [5.41, 5.74) is 6.26. The molecule has 3 heteroatoms. The van der Waals surface area contributed by atoms with Crippen LogP contribution in [-0.4, -0.2) is 12.1 Å². The summed E-state index contributed by atoms with van der Waals surface area (Å²) in [6.45, 7) is 8.66. The van der Waals surface area contributed by atoms with E-state index in [1.165, 1.54) is 5.56 Å². The number of hydrogen-bond acceptors (Lipinski definition) is 3. The number of nitrogens with two attached hydrogens (primary N) is 1. The molecular weight excluding hydrogens is 224 g/mol. The van der Waals surface area contributed by atoms with Crippen LogP contribution in [0.3, 0.4) is 0 Å². The first-order valence-corrected chi connectivity index (χ1v) is 6.18. The maximum Gasteiger partial charge on any atom is 0.119 e. The molecule has 0 saturated heterocycles. The predicted octanol–water partition coefficient (Wildman–Crippen LogP) is 2.99. The lowest BCUT2D eigenvalue weighted by Gasteiger charge is -2.20. The van der Waals surface area contributed by atoms with Crippen LogP contribution in [0.5, 0.6) is 5.75 Å². The Kier molecular flexibility index (Phi) is 4.37. The fourth-order valence-corrected chi connectivity index (χ4v) is 1.49. The van der Waals surface area contributed by atoms with Crippen LogP contribution < -0.4 is 10.5 Å². The van der Waals surface area contributed by atoms with Crippen molar-refractivity contribution in [2.24, 2.45) is 5.73 Å². The van der Waals surface area contributed by atoms with Gasteiger partial charge < -0.3 is 10.5 Å². The first kappa shape index (κ1) is 14.5. The van der Waals surface area contributed by atoms with Gasteiger partial charge in [0.15, 0.2) is 0 Å². The Bertz CT molecular complexity index is 439. The van der Waals surface area contributed by atoms with Gasteiger partial charge in [-0.1, -0.05) is 32.9 Å². The van der Waals surface area contributed by atoms with Crippen molar-refractivity contribution < 1.29 is 4.74 Å². The molecule has 0 bridgehead atoms. The highest BCUT2D eigenvalue weighted by Crippen LogP contribution is 2.25. The van der Waals surface area contributed by atoms with Crippen molar-refractivity contribution in [1.29, 1.82) is 5.26 Å². The van der Waals surface area contributed by atoms with E-state index in [9.17, 15) is 0 Å². The van der Waals surface area contributed by atoms with Crippen LogP contribution in [0.1, 0.15) is 39.7 Å². The van der Waals surface area contributed by atoms with Gasteiger partial charge in [-0.2, -0.15) is 5.26 Å². The molecule has 1 aromatic carbocycles. The molecule has 0 aliphatic heterocycles. The van der Waals surface area contributed by atoms with Gasteiger partial charge >= 0.3 is 0 Å². The Morgan fingerprint density at radius 2 is 1.94 bits per heavy atom. The summed E-state index contributed by atoms with van der Waals surface area (Å²) in [6, 6.07) is 10.1. The molecule has 0 aromatic heterocycles. The summed E-state index contributed by atoms with van der Waals surface area (Å²) >= 11 is 0. The topological polar surface area (TPSA) is 59.0 Å². The third-order valence-electron chi connectivity index (χ3n) is 2.85. The maximum absolute atomic E-state index is 8.81. The Labute approximate surface area is 110 Å². The van der Waals surface area contributed by atoms with Gasteiger partial charge in [-0.3, -0.25) is 0 Å². The molecule has 18 heavy (non-hydrogen) atoms. The van der Waals surface area contributed by atoms with Gasteiger partial charge in [0.2, 0.25) is 0 Å². The second-order valence-electron chi connectivity index (χ2n) is 5.91.